The van der Waals surface area contributed by atoms with Crippen LogP contribution in [0.3, 0.4) is 0 Å². The van der Waals surface area contributed by atoms with Crippen LogP contribution in [-0.4, -0.2) is 47.0 Å². The van der Waals surface area contributed by atoms with Crippen molar-refractivity contribution in [2.24, 2.45) is 0 Å². The fraction of sp³-hybridized carbons (Fsp3) is 0.435. The molecule has 2 aliphatic rings. The molecule has 2 aliphatic heterocycles. The van der Waals surface area contributed by atoms with Crippen LogP contribution in [0.25, 0.3) is 0 Å². The van der Waals surface area contributed by atoms with Crippen LogP contribution in [0, 0.1) is 0 Å². The molecule has 0 radical (unpaired) electrons. The van der Waals surface area contributed by atoms with Gasteiger partial charge in [-0.15, -0.1) is 0 Å². The SMILES string of the molecule is O=C(Nc1cc(CN2CCCC2)c(O)c(CN2CCCC2)c1)c1ccc(Cl)cc1Cl. The minimum absolute atomic E-state index is 0.290. The van der Waals surface area contributed by atoms with E-state index in [1.807, 2.05) is 12.1 Å². The van der Waals surface area contributed by atoms with E-state index in [1.54, 1.807) is 18.2 Å². The first-order valence-corrected chi connectivity index (χ1v) is 11.3. The van der Waals surface area contributed by atoms with E-state index >= 15 is 0 Å². The summed E-state index contributed by atoms with van der Waals surface area (Å²) >= 11 is 12.2. The lowest BCUT2D eigenvalue weighted by Gasteiger charge is -2.21. The van der Waals surface area contributed by atoms with Crippen LogP contribution >= 0.6 is 23.2 Å². The highest BCUT2D eigenvalue weighted by Gasteiger charge is 2.20. The highest BCUT2D eigenvalue weighted by Crippen LogP contribution is 2.32. The molecule has 1 amide bonds. The van der Waals surface area contributed by atoms with E-state index in [-0.39, 0.29) is 5.91 Å². The van der Waals surface area contributed by atoms with Gasteiger partial charge < -0.3 is 10.4 Å². The maximum atomic E-state index is 12.8. The molecular weight excluding hydrogens is 421 g/mol. The zero-order valence-electron chi connectivity index (χ0n) is 17.0. The van der Waals surface area contributed by atoms with Gasteiger partial charge in [0.2, 0.25) is 0 Å². The van der Waals surface area contributed by atoms with Gasteiger partial charge in [-0.2, -0.15) is 0 Å². The number of phenols is 1. The summed E-state index contributed by atoms with van der Waals surface area (Å²) in [5.74, 6) is 0.0536. The Bertz CT molecular complexity index is 884. The van der Waals surface area contributed by atoms with Gasteiger partial charge in [0.25, 0.3) is 5.91 Å². The minimum atomic E-state index is -0.290. The van der Waals surface area contributed by atoms with Crippen LogP contribution in [0.1, 0.15) is 47.2 Å². The van der Waals surface area contributed by atoms with Gasteiger partial charge in [0, 0.05) is 34.9 Å². The average molecular weight is 448 g/mol. The molecule has 2 aromatic carbocycles. The normalized spacial score (nSPS) is 17.5. The molecule has 2 saturated heterocycles. The van der Waals surface area contributed by atoms with E-state index in [1.165, 1.54) is 25.7 Å². The Morgan fingerprint density at radius 3 is 1.93 bits per heavy atom. The number of halogens is 2. The maximum absolute atomic E-state index is 12.8. The van der Waals surface area contributed by atoms with Gasteiger partial charge in [-0.25, -0.2) is 0 Å². The zero-order valence-corrected chi connectivity index (χ0v) is 18.5. The second-order valence-electron chi connectivity index (χ2n) is 8.19. The summed E-state index contributed by atoms with van der Waals surface area (Å²) in [6.07, 6.45) is 4.75. The van der Waals surface area contributed by atoms with E-state index in [4.69, 9.17) is 23.2 Å². The Kier molecular flexibility index (Phi) is 6.84. The number of benzene rings is 2. The van der Waals surface area contributed by atoms with Gasteiger partial charge >= 0.3 is 0 Å². The molecule has 2 heterocycles. The van der Waals surface area contributed by atoms with E-state index in [0.717, 1.165) is 37.3 Å². The molecule has 2 aromatic rings. The number of likely N-dealkylation sites (tertiary alicyclic amines) is 2. The fourth-order valence-electron chi connectivity index (χ4n) is 4.31. The van der Waals surface area contributed by atoms with Gasteiger partial charge in [0.05, 0.1) is 10.6 Å². The van der Waals surface area contributed by atoms with Gasteiger partial charge in [-0.3, -0.25) is 14.6 Å². The standard InChI is InChI=1S/C23H27Cl2N3O2/c24-18-5-6-20(21(25)13-18)23(30)26-19-11-16(14-27-7-1-2-8-27)22(29)17(12-19)15-28-9-3-4-10-28/h5-6,11-13,29H,1-4,7-10,14-15H2,(H,26,30). The van der Waals surface area contributed by atoms with Crippen LogP contribution in [0.2, 0.25) is 10.0 Å². The predicted molar refractivity (Wildman–Crippen MR) is 122 cm³/mol. The van der Waals surface area contributed by atoms with Crippen molar-refractivity contribution in [3.8, 4) is 5.75 Å². The number of nitrogens with one attached hydrogen (secondary N) is 1. The second-order valence-corrected chi connectivity index (χ2v) is 9.03. The topological polar surface area (TPSA) is 55.8 Å². The lowest BCUT2D eigenvalue weighted by Crippen LogP contribution is -2.21. The first-order chi connectivity index (χ1) is 14.5. The summed E-state index contributed by atoms with van der Waals surface area (Å²) in [5, 5.41) is 14.7. The van der Waals surface area contributed by atoms with Gasteiger partial charge in [0.15, 0.2) is 0 Å². The van der Waals surface area contributed by atoms with E-state index in [9.17, 15) is 9.90 Å². The third kappa shape index (κ3) is 5.09. The van der Waals surface area contributed by atoms with E-state index in [2.05, 4.69) is 15.1 Å². The Hall–Kier alpha value is -1.79. The van der Waals surface area contributed by atoms with Gasteiger partial charge in [-0.1, -0.05) is 23.2 Å². The van der Waals surface area contributed by atoms with Crippen molar-refractivity contribution in [3.63, 3.8) is 0 Å². The zero-order chi connectivity index (χ0) is 21.1. The third-order valence-corrected chi connectivity index (χ3v) is 6.43. The largest absolute Gasteiger partial charge is 0.507 e. The monoisotopic (exact) mass is 447 g/mol. The van der Waals surface area contributed by atoms with Gasteiger partial charge in [0.1, 0.15) is 5.75 Å². The van der Waals surface area contributed by atoms with Crippen LogP contribution < -0.4 is 5.32 Å². The Balaban J connectivity index is 1.60. The lowest BCUT2D eigenvalue weighted by atomic mass is 10.1. The summed E-state index contributed by atoms with van der Waals surface area (Å²) in [5.41, 5.74) is 2.75. The predicted octanol–water partition coefficient (Wildman–Crippen LogP) is 5.14. The lowest BCUT2D eigenvalue weighted by molar-refractivity contribution is 0.102. The Morgan fingerprint density at radius 1 is 0.900 bits per heavy atom. The fourth-order valence-corrected chi connectivity index (χ4v) is 4.80. The van der Waals surface area contributed by atoms with Crippen molar-refractivity contribution in [3.05, 3.63) is 57.1 Å². The van der Waals surface area contributed by atoms with Crippen molar-refractivity contribution >= 4 is 34.8 Å². The molecule has 2 N–H and O–H groups in total. The number of nitrogens with zero attached hydrogens (tertiary/aromatic N) is 2. The molecule has 2 fully saturated rings. The number of carbonyl (C=O) groups is 1. The molecule has 0 unspecified atom stereocenters. The highest BCUT2D eigenvalue weighted by atomic mass is 35.5. The van der Waals surface area contributed by atoms with Crippen molar-refractivity contribution in [1.82, 2.24) is 9.80 Å². The van der Waals surface area contributed by atoms with Gasteiger partial charge in [-0.05, 0) is 82.2 Å². The number of rotatable bonds is 6. The first kappa shape index (κ1) is 21.4. The number of aromatic hydroxyl groups is 1. The van der Waals surface area contributed by atoms with Crippen LogP contribution in [0.4, 0.5) is 5.69 Å². The first-order valence-electron chi connectivity index (χ1n) is 10.6. The third-order valence-electron chi connectivity index (χ3n) is 5.89. The van der Waals surface area contributed by atoms with Crippen LogP contribution in [0.5, 0.6) is 5.75 Å². The molecule has 4 rings (SSSR count). The summed E-state index contributed by atoms with van der Waals surface area (Å²) in [6, 6.07) is 8.59. The average Bonchev–Trinajstić information content (AvgIpc) is 3.39. The number of anilines is 1. The number of amides is 1. The minimum Gasteiger partial charge on any atom is -0.507 e. The Labute approximate surface area is 187 Å². The van der Waals surface area contributed by atoms with Crippen molar-refractivity contribution in [2.75, 3.05) is 31.5 Å². The molecule has 0 saturated carbocycles. The molecule has 30 heavy (non-hydrogen) atoms. The van der Waals surface area contributed by atoms with E-state index in [0.29, 0.717) is 40.1 Å². The number of hydrogen-bond donors (Lipinski definition) is 2. The highest BCUT2D eigenvalue weighted by molar-refractivity contribution is 6.37. The molecule has 0 atom stereocenters. The molecule has 0 aliphatic carbocycles. The Morgan fingerprint density at radius 2 is 1.43 bits per heavy atom. The second kappa shape index (κ2) is 9.56. The summed E-state index contributed by atoms with van der Waals surface area (Å²) in [7, 11) is 0. The molecule has 0 spiro atoms. The maximum Gasteiger partial charge on any atom is 0.257 e. The molecule has 5 nitrogen and oxygen atoms in total. The van der Waals surface area contributed by atoms with Crippen molar-refractivity contribution in [1.29, 1.82) is 0 Å². The molecular formula is C23H27Cl2N3O2. The van der Waals surface area contributed by atoms with Crippen LogP contribution in [-0.2, 0) is 13.1 Å². The summed E-state index contributed by atoms with van der Waals surface area (Å²) < 4.78 is 0. The molecule has 7 heteroatoms. The number of carbonyl (C=O) groups excluding carboxylic acids is 1. The van der Waals surface area contributed by atoms with Crippen molar-refractivity contribution < 1.29 is 9.90 Å². The number of phenolic OH excluding ortho intramolecular Hbond substituents is 1. The smallest absolute Gasteiger partial charge is 0.257 e. The van der Waals surface area contributed by atoms with E-state index < -0.39 is 0 Å². The van der Waals surface area contributed by atoms with Crippen LogP contribution in [0.15, 0.2) is 30.3 Å². The summed E-state index contributed by atoms with van der Waals surface area (Å²) in [4.78, 5) is 17.5. The quantitative estimate of drug-likeness (QED) is 0.601. The summed E-state index contributed by atoms with van der Waals surface area (Å²) in [6.45, 7) is 5.53. The molecule has 0 aromatic heterocycles. The molecule has 160 valence electrons. The molecule has 0 bridgehead atoms. The number of hydrogen-bond acceptors (Lipinski definition) is 4. The van der Waals surface area contributed by atoms with Crippen molar-refractivity contribution in [2.45, 2.75) is 38.8 Å².